The lowest BCUT2D eigenvalue weighted by Crippen LogP contribution is -2.21. The number of halogens is 1. The van der Waals surface area contributed by atoms with Gasteiger partial charge >= 0.3 is 5.97 Å². The van der Waals surface area contributed by atoms with Gasteiger partial charge in [0.15, 0.2) is 0 Å². The number of aromatic carboxylic acids is 1. The van der Waals surface area contributed by atoms with Gasteiger partial charge in [0.25, 0.3) is 5.91 Å². The van der Waals surface area contributed by atoms with Crippen LogP contribution in [0.2, 0.25) is 5.02 Å². The van der Waals surface area contributed by atoms with Gasteiger partial charge in [-0.1, -0.05) is 23.7 Å². The number of amides is 1. The Morgan fingerprint density at radius 1 is 1.23 bits per heavy atom. The molecule has 26 heavy (non-hydrogen) atoms. The standard InChI is InChI=1S/C19H15ClN2O3S/c1-11-15(9-12-3-6-14(26-2)7-4-12)18(23)22(21-11)13-5-8-17(20)16(10-13)19(24)25/h3-10H,1-2H3,(H,24,25). The molecule has 0 aromatic heterocycles. The van der Waals surface area contributed by atoms with Gasteiger partial charge in [-0.05, 0) is 55.2 Å². The van der Waals surface area contributed by atoms with Crippen LogP contribution in [0.15, 0.2) is 58.0 Å². The van der Waals surface area contributed by atoms with Crippen LogP contribution in [0.5, 0.6) is 0 Å². The Bertz CT molecular complexity index is 952. The molecule has 1 N–H and O–H groups in total. The van der Waals surface area contributed by atoms with Crippen LogP contribution in [-0.4, -0.2) is 29.0 Å². The monoisotopic (exact) mass is 386 g/mol. The van der Waals surface area contributed by atoms with E-state index < -0.39 is 5.97 Å². The maximum atomic E-state index is 12.8. The molecule has 0 radical (unpaired) electrons. The normalized spacial score (nSPS) is 15.5. The summed E-state index contributed by atoms with van der Waals surface area (Å²) in [6.07, 6.45) is 3.78. The van der Waals surface area contributed by atoms with Crippen LogP contribution in [0.3, 0.4) is 0 Å². The summed E-state index contributed by atoms with van der Waals surface area (Å²) in [6, 6.07) is 12.2. The Labute approximate surface area is 160 Å². The fourth-order valence-corrected chi connectivity index (χ4v) is 3.14. The highest BCUT2D eigenvalue weighted by molar-refractivity contribution is 7.98. The topological polar surface area (TPSA) is 70.0 Å². The second-order valence-corrected chi connectivity index (χ2v) is 6.89. The second-order valence-electron chi connectivity index (χ2n) is 5.60. The summed E-state index contributed by atoms with van der Waals surface area (Å²) >= 11 is 7.54. The first-order valence-electron chi connectivity index (χ1n) is 7.69. The molecule has 3 rings (SSSR count). The lowest BCUT2D eigenvalue weighted by atomic mass is 10.1. The number of carbonyl (C=O) groups is 2. The van der Waals surface area contributed by atoms with Crippen LogP contribution in [0.4, 0.5) is 5.69 Å². The number of nitrogens with zero attached hydrogens (tertiary/aromatic N) is 2. The molecule has 1 heterocycles. The van der Waals surface area contributed by atoms with Crippen molar-refractivity contribution in [3.8, 4) is 0 Å². The number of hydrazone groups is 1. The fraction of sp³-hybridized carbons (Fsp3) is 0.105. The Kier molecular flexibility index (Phi) is 5.15. The van der Waals surface area contributed by atoms with Crippen molar-refractivity contribution in [3.05, 3.63) is 64.2 Å². The minimum Gasteiger partial charge on any atom is -0.478 e. The number of carboxylic acids is 1. The van der Waals surface area contributed by atoms with Gasteiger partial charge in [-0.3, -0.25) is 4.79 Å². The van der Waals surface area contributed by atoms with Gasteiger partial charge in [0.05, 0.1) is 27.6 Å². The van der Waals surface area contributed by atoms with Gasteiger partial charge in [0.1, 0.15) is 0 Å². The number of hydrogen-bond acceptors (Lipinski definition) is 4. The van der Waals surface area contributed by atoms with Gasteiger partial charge in [0, 0.05) is 4.90 Å². The van der Waals surface area contributed by atoms with E-state index in [0.717, 1.165) is 10.5 Å². The molecule has 5 nitrogen and oxygen atoms in total. The third kappa shape index (κ3) is 3.52. The highest BCUT2D eigenvalue weighted by Gasteiger charge is 2.29. The Hall–Kier alpha value is -2.57. The summed E-state index contributed by atoms with van der Waals surface area (Å²) in [6.45, 7) is 1.74. The van der Waals surface area contributed by atoms with E-state index in [1.54, 1.807) is 30.8 Å². The van der Waals surface area contributed by atoms with E-state index in [4.69, 9.17) is 11.6 Å². The molecule has 1 amide bonds. The zero-order valence-electron chi connectivity index (χ0n) is 14.1. The van der Waals surface area contributed by atoms with Gasteiger partial charge in [-0.2, -0.15) is 10.1 Å². The summed E-state index contributed by atoms with van der Waals surface area (Å²) in [7, 11) is 0. The van der Waals surface area contributed by atoms with Crippen LogP contribution in [0.25, 0.3) is 6.08 Å². The smallest absolute Gasteiger partial charge is 0.337 e. The molecular weight excluding hydrogens is 372 g/mol. The van der Waals surface area contributed by atoms with Crippen molar-refractivity contribution in [2.45, 2.75) is 11.8 Å². The summed E-state index contributed by atoms with van der Waals surface area (Å²) in [5.41, 5.74) is 2.21. The first-order valence-corrected chi connectivity index (χ1v) is 9.29. The van der Waals surface area contributed by atoms with Gasteiger partial charge in [0.2, 0.25) is 0 Å². The number of rotatable bonds is 4. The second kappa shape index (κ2) is 7.35. The summed E-state index contributed by atoms with van der Waals surface area (Å²) < 4.78 is 0. The lowest BCUT2D eigenvalue weighted by Gasteiger charge is -2.13. The minimum atomic E-state index is -1.16. The highest BCUT2D eigenvalue weighted by Crippen LogP contribution is 2.29. The molecule has 0 aliphatic carbocycles. The summed E-state index contributed by atoms with van der Waals surface area (Å²) in [4.78, 5) is 25.2. The van der Waals surface area contributed by atoms with Gasteiger partial charge in [-0.15, -0.1) is 11.8 Å². The van der Waals surface area contributed by atoms with Gasteiger partial charge < -0.3 is 5.11 Å². The quantitative estimate of drug-likeness (QED) is 0.617. The zero-order valence-corrected chi connectivity index (χ0v) is 15.6. The molecule has 0 bridgehead atoms. The fourth-order valence-electron chi connectivity index (χ4n) is 2.53. The highest BCUT2D eigenvalue weighted by atomic mass is 35.5. The maximum absolute atomic E-state index is 12.8. The third-order valence-corrected chi connectivity index (χ3v) is 4.99. The van der Waals surface area contributed by atoms with Crippen molar-refractivity contribution >= 4 is 52.7 Å². The summed E-state index contributed by atoms with van der Waals surface area (Å²) in [5, 5.41) is 14.8. The summed E-state index contributed by atoms with van der Waals surface area (Å²) in [5.74, 6) is -1.47. The molecule has 1 aliphatic heterocycles. The molecule has 2 aromatic rings. The van der Waals surface area contributed by atoms with E-state index in [1.807, 2.05) is 30.5 Å². The number of hydrogen-bond donors (Lipinski definition) is 1. The average Bonchev–Trinajstić information content (AvgIpc) is 2.91. The van der Waals surface area contributed by atoms with Crippen LogP contribution in [0.1, 0.15) is 22.8 Å². The largest absolute Gasteiger partial charge is 0.478 e. The van der Waals surface area contributed by atoms with E-state index in [0.29, 0.717) is 17.0 Å². The minimum absolute atomic E-state index is 0.0742. The molecule has 0 unspecified atom stereocenters. The molecule has 2 aromatic carbocycles. The van der Waals surface area contributed by atoms with Crippen LogP contribution in [0, 0.1) is 0 Å². The van der Waals surface area contributed by atoms with Crippen molar-refractivity contribution in [3.63, 3.8) is 0 Å². The molecule has 7 heteroatoms. The van der Waals surface area contributed by atoms with Crippen molar-refractivity contribution in [1.82, 2.24) is 0 Å². The van der Waals surface area contributed by atoms with E-state index in [2.05, 4.69) is 5.10 Å². The van der Waals surface area contributed by atoms with Crippen LogP contribution >= 0.6 is 23.4 Å². The molecule has 132 valence electrons. The Balaban J connectivity index is 1.94. The van der Waals surface area contributed by atoms with Gasteiger partial charge in [-0.25, -0.2) is 4.79 Å². The number of thioether (sulfide) groups is 1. The van der Waals surface area contributed by atoms with Crippen molar-refractivity contribution in [1.29, 1.82) is 0 Å². The first-order chi connectivity index (χ1) is 12.4. The predicted octanol–water partition coefficient (Wildman–Crippen LogP) is 4.57. The maximum Gasteiger partial charge on any atom is 0.337 e. The number of anilines is 1. The molecule has 0 saturated carbocycles. The van der Waals surface area contributed by atoms with E-state index in [1.165, 1.54) is 17.1 Å². The molecule has 1 aliphatic rings. The SMILES string of the molecule is CSc1ccc(C=C2C(=O)N(c3ccc(Cl)c(C(=O)O)c3)N=C2C)cc1. The third-order valence-electron chi connectivity index (χ3n) is 3.91. The number of benzene rings is 2. The van der Waals surface area contributed by atoms with Crippen molar-refractivity contribution in [2.75, 3.05) is 11.3 Å². The van der Waals surface area contributed by atoms with Crippen LogP contribution < -0.4 is 5.01 Å². The van der Waals surface area contributed by atoms with Crippen molar-refractivity contribution < 1.29 is 14.7 Å². The number of carbonyl (C=O) groups excluding carboxylic acids is 1. The number of carboxylic acid groups (broad SMARTS) is 1. The molecular formula is C19H15ClN2O3S. The molecule has 0 atom stereocenters. The molecule has 0 spiro atoms. The first kappa shape index (κ1) is 18.2. The van der Waals surface area contributed by atoms with Crippen LogP contribution in [-0.2, 0) is 4.79 Å². The molecule has 0 saturated heterocycles. The average molecular weight is 387 g/mol. The Morgan fingerprint density at radius 3 is 2.54 bits per heavy atom. The van der Waals surface area contributed by atoms with E-state index >= 15 is 0 Å². The molecule has 0 fully saturated rings. The van der Waals surface area contributed by atoms with E-state index in [9.17, 15) is 14.7 Å². The Morgan fingerprint density at radius 2 is 1.92 bits per heavy atom. The lowest BCUT2D eigenvalue weighted by molar-refractivity contribution is -0.114. The predicted molar refractivity (Wildman–Crippen MR) is 105 cm³/mol. The zero-order chi connectivity index (χ0) is 18.8. The van der Waals surface area contributed by atoms with Crippen molar-refractivity contribution in [2.24, 2.45) is 5.10 Å². The van der Waals surface area contributed by atoms with E-state index in [-0.39, 0.29) is 16.5 Å².